The molecule has 4 rings (SSSR count). The summed E-state index contributed by atoms with van der Waals surface area (Å²) in [4.78, 5) is 22.4. The first kappa shape index (κ1) is 26.6. The molecule has 8 nitrogen and oxygen atoms in total. The second-order valence-corrected chi connectivity index (χ2v) is 9.38. The Balaban J connectivity index is 1.53. The molecule has 1 amide bonds. The molecular formula is C24H24BF4N5O3. The first-order valence-corrected chi connectivity index (χ1v) is 11.7. The molecular weight excluding hydrogens is 493 g/mol. The van der Waals surface area contributed by atoms with Crippen molar-refractivity contribution >= 4 is 30.0 Å². The lowest BCUT2D eigenvalue weighted by atomic mass is 9.79. The molecule has 2 unspecified atom stereocenters. The summed E-state index contributed by atoms with van der Waals surface area (Å²) in [5.74, 6) is -2.33. The van der Waals surface area contributed by atoms with Crippen LogP contribution >= 0.6 is 0 Å². The van der Waals surface area contributed by atoms with Crippen molar-refractivity contribution in [3.8, 4) is 6.07 Å². The monoisotopic (exact) mass is 517 g/mol. The van der Waals surface area contributed by atoms with Gasteiger partial charge in [0.2, 0.25) is 0 Å². The Kier molecular flexibility index (Phi) is 7.25. The summed E-state index contributed by atoms with van der Waals surface area (Å²) < 4.78 is 53.8. The summed E-state index contributed by atoms with van der Waals surface area (Å²) in [6.45, 7) is 2.03. The highest BCUT2D eigenvalue weighted by atomic mass is 19.4. The van der Waals surface area contributed by atoms with Crippen LogP contribution in [0.2, 0.25) is 0 Å². The highest BCUT2D eigenvalue weighted by Crippen LogP contribution is 2.42. The van der Waals surface area contributed by atoms with E-state index in [1.807, 2.05) is 0 Å². The fourth-order valence-corrected chi connectivity index (χ4v) is 4.64. The number of halogens is 4. The molecule has 2 fully saturated rings. The third-order valence-corrected chi connectivity index (χ3v) is 6.72. The van der Waals surface area contributed by atoms with Gasteiger partial charge in [-0.05, 0) is 62.3 Å². The Bertz CT molecular complexity index is 1290. The molecule has 13 heteroatoms. The molecule has 1 aliphatic carbocycles. The molecule has 1 aromatic heterocycles. The van der Waals surface area contributed by atoms with Crippen LogP contribution in [-0.2, 0) is 11.0 Å². The second kappa shape index (κ2) is 10.1. The van der Waals surface area contributed by atoms with E-state index in [1.54, 1.807) is 17.9 Å². The quantitative estimate of drug-likeness (QED) is 0.240. The maximum Gasteiger partial charge on any atom is 0.488 e. The zero-order chi connectivity index (χ0) is 27.1. The molecule has 2 aromatic rings. The normalized spacial score (nSPS) is 20.5. The van der Waals surface area contributed by atoms with E-state index in [-0.39, 0.29) is 58.7 Å². The second-order valence-electron chi connectivity index (χ2n) is 9.38. The maximum atomic E-state index is 14.4. The lowest BCUT2D eigenvalue weighted by molar-refractivity contribution is -0.141. The molecule has 0 bridgehead atoms. The Labute approximate surface area is 210 Å². The zero-order valence-corrected chi connectivity index (χ0v) is 19.8. The smallest absolute Gasteiger partial charge is 0.423 e. The van der Waals surface area contributed by atoms with Gasteiger partial charge in [-0.3, -0.25) is 4.79 Å². The molecule has 2 aliphatic rings. The van der Waals surface area contributed by atoms with E-state index in [9.17, 15) is 37.7 Å². The number of hydrogen-bond acceptors (Lipinski definition) is 6. The highest BCUT2D eigenvalue weighted by Gasteiger charge is 2.37. The summed E-state index contributed by atoms with van der Waals surface area (Å²) >= 11 is 0. The van der Waals surface area contributed by atoms with Crippen LogP contribution in [0.25, 0.3) is 0 Å². The first-order chi connectivity index (χ1) is 17.4. The molecule has 0 radical (unpaired) electrons. The van der Waals surface area contributed by atoms with E-state index in [0.717, 1.165) is 12.1 Å². The molecule has 1 saturated heterocycles. The van der Waals surface area contributed by atoms with Gasteiger partial charge >= 0.3 is 13.3 Å². The molecule has 1 aromatic carbocycles. The molecule has 2 heterocycles. The Morgan fingerprint density at radius 3 is 2.54 bits per heavy atom. The number of hydrogen-bond donors (Lipinski definition) is 3. The standard InChI is InChI=1S/C24H24BF4N5O3/c1-12-8-14(6-7-34(12)19-10-15(25(36)37)9-18(26)17(19)11-30)23(35)33-22(31)16-4-5-20(24(27,28)29)32-21(16)13-2-3-13/h4-5,9-10,12-14,36-37H,2-3,6-8H2,1H3,(H2,31,33,35). The number of nitrogens with two attached hydrogens (primary N) is 1. The van der Waals surface area contributed by atoms with Crippen molar-refractivity contribution in [2.75, 3.05) is 11.4 Å². The molecule has 0 spiro atoms. The fraction of sp³-hybridized carbons (Fsp3) is 0.417. The minimum atomic E-state index is -4.60. The van der Waals surface area contributed by atoms with Crippen molar-refractivity contribution in [2.24, 2.45) is 16.6 Å². The summed E-state index contributed by atoms with van der Waals surface area (Å²) in [5.41, 5.74) is 5.27. The molecule has 2 atom stereocenters. The summed E-state index contributed by atoms with van der Waals surface area (Å²) in [6, 6.07) is 5.69. The number of carbonyl (C=O) groups excluding carboxylic acids is 1. The number of alkyl halides is 3. The van der Waals surface area contributed by atoms with Crippen LogP contribution in [0.1, 0.15) is 61.0 Å². The lowest BCUT2D eigenvalue weighted by Crippen LogP contribution is -2.44. The van der Waals surface area contributed by atoms with Gasteiger partial charge in [-0.15, -0.1) is 0 Å². The summed E-state index contributed by atoms with van der Waals surface area (Å²) in [5, 5.41) is 28.3. The summed E-state index contributed by atoms with van der Waals surface area (Å²) in [7, 11) is -1.92. The number of pyridine rings is 1. The van der Waals surface area contributed by atoms with Crippen LogP contribution in [0.5, 0.6) is 0 Å². The molecule has 1 saturated carbocycles. The van der Waals surface area contributed by atoms with E-state index in [1.165, 1.54) is 12.1 Å². The average Bonchev–Trinajstić information content (AvgIpc) is 3.68. The number of benzene rings is 1. The van der Waals surface area contributed by atoms with Gasteiger partial charge in [0.1, 0.15) is 29.0 Å². The Morgan fingerprint density at radius 2 is 1.97 bits per heavy atom. The Hall–Kier alpha value is -3.50. The summed E-state index contributed by atoms with van der Waals surface area (Å²) in [6.07, 6.45) is -2.67. The van der Waals surface area contributed by atoms with E-state index in [2.05, 4.69) is 9.98 Å². The van der Waals surface area contributed by atoms with Gasteiger partial charge in [-0.1, -0.05) is 0 Å². The van der Waals surface area contributed by atoms with Gasteiger partial charge in [-0.25, -0.2) is 9.37 Å². The van der Waals surface area contributed by atoms with Gasteiger partial charge in [0.15, 0.2) is 0 Å². The van der Waals surface area contributed by atoms with Crippen molar-refractivity contribution in [3.63, 3.8) is 0 Å². The van der Waals surface area contributed by atoms with Crippen molar-refractivity contribution < 1.29 is 32.4 Å². The van der Waals surface area contributed by atoms with E-state index in [4.69, 9.17) is 5.73 Å². The number of nitriles is 1. The van der Waals surface area contributed by atoms with Gasteiger partial charge in [0.05, 0.1) is 11.4 Å². The number of rotatable bonds is 5. The van der Waals surface area contributed by atoms with Crippen molar-refractivity contribution in [1.29, 1.82) is 5.26 Å². The van der Waals surface area contributed by atoms with Gasteiger partial charge in [-0.2, -0.15) is 23.4 Å². The van der Waals surface area contributed by atoms with Gasteiger partial charge in [0.25, 0.3) is 5.91 Å². The number of amidine groups is 1. The number of nitrogens with zero attached hydrogens (tertiary/aromatic N) is 4. The van der Waals surface area contributed by atoms with E-state index < -0.39 is 36.6 Å². The van der Waals surface area contributed by atoms with Gasteiger partial charge in [0, 0.05) is 30.0 Å². The van der Waals surface area contributed by atoms with E-state index >= 15 is 0 Å². The highest BCUT2D eigenvalue weighted by molar-refractivity contribution is 6.58. The van der Waals surface area contributed by atoms with Crippen molar-refractivity contribution in [3.05, 3.63) is 52.6 Å². The Morgan fingerprint density at radius 1 is 1.27 bits per heavy atom. The molecule has 1 aliphatic heterocycles. The SMILES string of the molecule is CC1CC(C(=O)N=C(N)c2ccc(C(F)(F)F)nc2C2CC2)CCN1c1cc(B(O)O)cc(F)c1C#N. The zero-order valence-electron chi connectivity index (χ0n) is 19.8. The molecule has 4 N–H and O–H groups in total. The largest absolute Gasteiger partial charge is 0.488 e. The predicted octanol–water partition coefficient (Wildman–Crippen LogP) is 2.21. The molecule has 194 valence electrons. The number of anilines is 1. The van der Waals surface area contributed by atoms with Crippen LogP contribution in [0.15, 0.2) is 29.3 Å². The molecule has 37 heavy (non-hydrogen) atoms. The predicted molar refractivity (Wildman–Crippen MR) is 127 cm³/mol. The third-order valence-electron chi connectivity index (χ3n) is 6.72. The topological polar surface area (TPSA) is 136 Å². The van der Waals surface area contributed by atoms with Crippen LogP contribution in [0, 0.1) is 23.1 Å². The van der Waals surface area contributed by atoms with Crippen LogP contribution in [-0.4, -0.2) is 46.5 Å². The third kappa shape index (κ3) is 5.60. The maximum absolute atomic E-state index is 14.4. The minimum absolute atomic E-state index is 0.106. The average molecular weight is 517 g/mol. The van der Waals surface area contributed by atoms with Crippen molar-refractivity contribution in [1.82, 2.24) is 4.98 Å². The van der Waals surface area contributed by atoms with Crippen molar-refractivity contribution in [2.45, 2.75) is 50.7 Å². The van der Waals surface area contributed by atoms with Crippen LogP contribution in [0.4, 0.5) is 23.2 Å². The number of aromatic nitrogens is 1. The van der Waals surface area contributed by atoms with Crippen LogP contribution in [0.3, 0.4) is 0 Å². The number of carbonyl (C=O) groups is 1. The number of piperidine rings is 1. The van der Waals surface area contributed by atoms with Gasteiger partial charge < -0.3 is 20.7 Å². The number of amides is 1. The fourth-order valence-electron chi connectivity index (χ4n) is 4.64. The van der Waals surface area contributed by atoms with Crippen LogP contribution < -0.4 is 16.1 Å². The number of aliphatic imine (C=N–C) groups is 1. The first-order valence-electron chi connectivity index (χ1n) is 11.7. The lowest BCUT2D eigenvalue weighted by Gasteiger charge is -2.39. The van der Waals surface area contributed by atoms with E-state index in [0.29, 0.717) is 19.3 Å². The minimum Gasteiger partial charge on any atom is -0.423 e.